The molecule has 3 nitrogen and oxygen atoms in total. The van der Waals surface area contributed by atoms with Crippen molar-refractivity contribution in [2.75, 3.05) is 19.3 Å². The fourth-order valence-electron chi connectivity index (χ4n) is 2.40. The van der Waals surface area contributed by atoms with E-state index in [9.17, 15) is 14.0 Å². The van der Waals surface area contributed by atoms with E-state index in [-0.39, 0.29) is 17.5 Å². The van der Waals surface area contributed by atoms with Crippen molar-refractivity contribution in [2.24, 2.45) is 0 Å². The third-order valence-electron chi connectivity index (χ3n) is 3.69. The van der Waals surface area contributed by atoms with Gasteiger partial charge in [-0.25, -0.2) is 4.39 Å². The maximum absolute atomic E-state index is 14.0. The first-order valence-corrected chi connectivity index (χ1v) is 8.92. The molecule has 6 heteroatoms. The van der Waals surface area contributed by atoms with Crippen molar-refractivity contribution in [3.05, 3.63) is 44.5 Å². The van der Waals surface area contributed by atoms with Crippen molar-refractivity contribution in [1.82, 2.24) is 4.90 Å². The molecule has 0 aliphatic carbocycles. The third-order valence-corrected chi connectivity index (χ3v) is 5.07. The van der Waals surface area contributed by atoms with Crippen LogP contribution in [0.15, 0.2) is 33.2 Å². The molecule has 0 unspecified atom stereocenters. The molecule has 0 bridgehead atoms. The maximum Gasteiger partial charge on any atom is 0.219 e. The molecule has 22 heavy (non-hydrogen) atoms. The second-order valence-corrected chi connectivity index (χ2v) is 6.95. The predicted molar refractivity (Wildman–Crippen MR) is 90.2 cm³/mol. The van der Waals surface area contributed by atoms with E-state index < -0.39 is 0 Å². The molecule has 1 fully saturated rings. The number of amides is 1. The fourth-order valence-corrected chi connectivity index (χ4v) is 3.46. The van der Waals surface area contributed by atoms with Gasteiger partial charge in [-0.1, -0.05) is 22.0 Å². The second-order valence-electron chi connectivity index (χ2n) is 5.13. The Hall–Kier alpha value is -1.14. The van der Waals surface area contributed by atoms with E-state index in [1.807, 2.05) is 6.26 Å². The summed E-state index contributed by atoms with van der Waals surface area (Å²) in [5.74, 6) is -0.284. The van der Waals surface area contributed by atoms with Gasteiger partial charge in [0.25, 0.3) is 0 Å². The van der Waals surface area contributed by atoms with E-state index in [4.69, 9.17) is 0 Å². The van der Waals surface area contributed by atoms with Crippen LogP contribution in [0.2, 0.25) is 0 Å². The minimum absolute atomic E-state index is 0.0414. The van der Waals surface area contributed by atoms with Crippen LogP contribution in [0.1, 0.15) is 18.9 Å². The summed E-state index contributed by atoms with van der Waals surface area (Å²) in [5, 5.41) is 0. The highest BCUT2D eigenvalue weighted by Crippen LogP contribution is 2.28. The van der Waals surface area contributed by atoms with E-state index in [0.29, 0.717) is 41.5 Å². The van der Waals surface area contributed by atoms with Gasteiger partial charge in [0.1, 0.15) is 5.82 Å². The lowest BCUT2D eigenvalue weighted by Crippen LogP contribution is -2.39. The van der Waals surface area contributed by atoms with Crippen molar-refractivity contribution in [1.29, 1.82) is 0 Å². The molecule has 118 valence electrons. The number of rotatable bonds is 3. The number of benzene rings is 1. The number of ketones is 1. The van der Waals surface area contributed by atoms with Crippen molar-refractivity contribution >= 4 is 39.4 Å². The van der Waals surface area contributed by atoms with Crippen molar-refractivity contribution in [3.8, 4) is 0 Å². The predicted octanol–water partition coefficient (Wildman–Crippen LogP) is 3.57. The van der Waals surface area contributed by atoms with E-state index in [1.54, 1.807) is 17.0 Å². The van der Waals surface area contributed by atoms with Crippen LogP contribution in [0.25, 0.3) is 0 Å². The Morgan fingerprint density at radius 2 is 2.18 bits per heavy atom. The van der Waals surface area contributed by atoms with Crippen molar-refractivity contribution in [3.63, 3.8) is 0 Å². The molecule has 1 aliphatic heterocycles. The topological polar surface area (TPSA) is 37.4 Å². The Morgan fingerprint density at radius 1 is 1.45 bits per heavy atom. The number of Topliss-reactive ketones (excluding diaryl/α,β-unsaturated/α-hetero) is 1. The average molecular weight is 386 g/mol. The Bertz CT molecular complexity index is 645. The molecule has 1 aromatic carbocycles. The number of hydrogen-bond donors (Lipinski definition) is 0. The molecule has 1 amide bonds. The first-order chi connectivity index (χ1) is 10.4. The van der Waals surface area contributed by atoms with Gasteiger partial charge in [0.2, 0.25) is 5.91 Å². The number of carbonyl (C=O) groups is 2. The quantitative estimate of drug-likeness (QED) is 0.746. The highest BCUT2D eigenvalue weighted by Gasteiger charge is 2.26. The number of nitrogens with zero attached hydrogens (tertiary/aromatic N) is 1. The van der Waals surface area contributed by atoms with Gasteiger partial charge in [-0.05, 0) is 28.9 Å². The monoisotopic (exact) mass is 385 g/mol. The highest BCUT2D eigenvalue weighted by atomic mass is 79.9. The summed E-state index contributed by atoms with van der Waals surface area (Å²) in [7, 11) is 0. The SMILES string of the molecule is CS/C(Cc1ccc(Br)cc1F)=C1/CN(C(C)=O)CCC1=O. The number of piperidine rings is 1. The van der Waals surface area contributed by atoms with Crippen LogP contribution in [0.5, 0.6) is 0 Å². The van der Waals surface area contributed by atoms with Gasteiger partial charge < -0.3 is 4.90 Å². The van der Waals surface area contributed by atoms with E-state index >= 15 is 0 Å². The Balaban J connectivity index is 2.31. The van der Waals surface area contributed by atoms with Crippen LogP contribution >= 0.6 is 27.7 Å². The van der Waals surface area contributed by atoms with Crippen LogP contribution < -0.4 is 0 Å². The lowest BCUT2D eigenvalue weighted by molar-refractivity contribution is -0.130. The minimum Gasteiger partial charge on any atom is -0.338 e. The lowest BCUT2D eigenvalue weighted by Gasteiger charge is -2.28. The molecule has 1 aliphatic rings. The molecule has 0 atom stereocenters. The molecule has 1 aromatic rings. The molecular weight excluding hydrogens is 369 g/mol. The molecule has 0 spiro atoms. The van der Waals surface area contributed by atoms with Crippen LogP contribution in [0, 0.1) is 5.82 Å². The molecular formula is C16H17BrFNO2S. The normalized spacial score (nSPS) is 17.6. The highest BCUT2D eigenvalue weighted by molar-refractivity contribution is 9.10. The first kappa shape index (κ1) is 17.2. The number of hydrogen-bond acceptors (Lipinski definition) is 3. The second kappa shape index (κ2) is 7.42. The van der Waals surface area contributed by atoms with Crippen LogP contribution in [-0.2, 0) is 16.0 Å². The molecule has 1 saturated heterocycles. The molecule has 2 rings (SSSR count). The first-order valence-electron chi connectivity index (χ1n) is 6.91. The van der Waals surface area contributed by atoms with Gasteiger partial charge in [-0.15, -0.1) is 11.8 Å². The summed E-state index contributed by atoms with van der Waals surface area (Å²) in [6.45, 7) is 2.29. The Morgan fingerprint density at radius 3 is 2.77 bits per heavy atom. The molecule has 1 heterocycles. The third kappa shape index (κ3) is 3.98. The zero-order valence-electron chi connectivity index (χ0n) is 12.5. The minimum atomic E-state index is -0.298. The van der Waals surface area contributed by atoms with Crippen LogP contribution in [0.3, 0.4) is 0 Å². The van der Waals surface area contributed by atoms with Crippen molar-refractivity contribution < 1.29 is 14.0 Å². The number of likely N-dealkylation sites (tertiary alicyclic amines) is 1. The summed E-state index contributed by atoms with van der Waals surface area (Å²) in [6, 6.07) is 4.92. The maximum atomic E-state index is 14.0. The largest absolute Gasteiger partial charge is 0.338 e. The smallest absolute Gasteiger partial charge is 0.219 e. The number of thioether (sulfide) groups is 1. The van der Waals surface area contributed by atoms with Gasteiger partial charge in [0.15, 0.2) is 5.78 Å². The van der Waals surface area contributed by atoms with Crippen LogP contribution in [0.4, 0.5) is 4.39 Å². The molecule has 0 N–H and O–H groups in total. The summed E-state index contributed by atoms with van der Waals surface area (Å²) in [4.78, 5) is 26.2. The van der Waals surface area contributed by atoms with Crippen molar-refractivity contribution in [2.45, 2.75) is 19.8 Å². The lowest BCUT2D eigenvalue weighted by atomic mass is 10.00. The zero-order valence-corrected chi connectivity index (χ0v) is 14.9. The number of allylic oxidation sites excluding steroid dienone is 1. The summed E-state index contributed by atoms with van der Waals surface area (Å²) >= 11 is 4.68. The summed E-state index contributed by atoms with van der Waals surface area (Å²) in [6.07, 6.45) is 2.58. The molecule has 0 aromatic heterocycles. The number of halogens is 2. The summed E-state index contributed by atoms with van der Waals surface area (Å²) < 4.78 is 14.7. The van der Waals surface area contributed by atoms with Gasteiger partial charge >= 0.3 is 0 Å². The van der Waals surface area contributed by atoms with Crippen LogP contribution in [-0.4, -0.2) is 35.9 Å². The Kier molecular flexibility index (Phi) is 5.81. The molecule has 0 saturated carbocycles. The Labute approximate surface area is 142 Å². The van der Waals surface area contributed by atoms with E-state index in [1.165, 1.54) is 24.8 Å². The van der Waals surface area contributed by atoms with Gasteiger partial charge in [-0.3, -0.25) is 9.59 Å². The van der Waals surface area contributed by atoms with Gasteiger partial charge in [-0.2, -0.15) is 0 Å². The zero-order chi connectivity index (χ0) is 16.3. The van der Waals surface area contributed by atoms with E-state index in [0.717, 1.165) is 4.91 Å². The fraction of sp³-hybridized carbons (Fsp3) is 0.375. The van der Waals surface area contributed by atoms with E-state index in [2.05, 4.69) is 15.9 Å². The summed E-state index contributed by atoms with van der Waals surface area (Å²) in [5.41, 5.74) is 1.18. The standard InChI is InChI=1S/C16H17BrFNO2S/c1-10(20)19-6-5-15(21)13(9-19)16(22-2)7-11-3-4-12(17)8-14(11)18/h3-4,8H,5-7,9H2,1-2H3/b16-13-. The number of carbonyl (C=O) groups excluding carboxylic acids is 2. The van der Waals surface area contributed by atoms with Gasteiger partial charge in [0, 0.05) is 42.9 Å². The molecule has 0 radical (unpaired) electrons. The van der Waals surface area contributed by atoms with Gasteiger partial charge in [0.05, 0.1) is 0 Å². The average Bonchev–Trinajstić information content (AvgIpc) is 2.47.